The van der Waals surface area contributed by atoms with Gasteiger partial charge in [0.25, 0.3) is 5.91 Å². The van der Waals surface area contributed by atoms with Gasteiger partial charge in [0.05, 0.1) is 4.90 Å². The van der Waals surface area contributed by atoms with Crippen LogP contribution < -0.4 is 9.47 Å². The predicted molar refractivity (Wildman–Crippen MR) is 117 cm³/mol. The second kappa shape index (κ2) is 7.84. The van der Waals surface area contributed by atoms with E-state index in [9.17, 15) is 13.2 Å². The van der Waals surface area contributed by atoms with Crippen molar-refractivity contribution in [2.24, 2.45) is 0 Å². The Morgan fingerprint density at radius 1 is 0.806 bits per heavy atom. The van der Waals surface area contributed by atoms with Gasteiger partial charge >= 0.3 is 0 Å². The Bertz CT molecular complexity index is 1140. The fraction of sp³-hybridized carbons (Fsp3) is 0.435. The van der Waals surface area contributed by atoms with Gasteiger partial charge < -0.3 is 14.4 Å². The van der Waals surface area contributed by atoms with Crippen LogP contribution in [0.1, 0.15) is 38.2 Å². The van der Waals surface area contributed by atoms with Crippen LogP contribution in [0.15, 0.2) is 23.1 Å². The highest BCUT2D eigenvalue weighted by Gasteiger charge is 2.33. The van der Waals surface area contributed by atoms with E-state index in [1.807, 2.05) is 34.6 Å². The number of nitrogens with zero attached hydrogens (tertiary/aromatic N) is 2. The highest BCUT2D eigenvalue weighted by molar-refractivity contribution is 7.89. The van der Waals surface area contributed by atoms with E-state index in [4.69, 9.17) is 9.47 Å². The molecule has 1 fully saturated rings. The van der Waals surface area contributed by atoms with Crippen LogP contribution in [-0.2, 0) is 10.0 Å². The summed E-state index contributed by atoms with van der Waals surface area (Å²) < 4.78 is 39.2. The minimum atomic E-state index is -3.65. The maximum Gasteiger partial charge on any atom is 0.254 e. The molecule has 2 aliphatic rings. The molecule has 2 aromatic carbocycles. The molecule has 7 nitrogen and oxygen atoms in total. The average Bonchev–Trinajstić information content (AvgIpc) is 3.24. The number of ether oxygens (including phenoxy) is 2. The number of piperazine rings is 1. The van der Waals surface area contributed by atoms with Crippen LogP contribution in [0.2, 0.25) is 0 Å². The fourth-order valence-corrected chi connectivity index (χ4v) is 6.31. The van der Waals surface area contributed by atoms with Gasteiger partial charge in [0.15, 0.2) is 11.5 Å². The number of hydrogen-bond acceptors (Lipinski definition) is 5. The van der Waals surface area contributed by atoms with Crippen molar-refractivity contribution in [3.63, 3.8) is 0 Å². The lowest BCUT2D eigenvalue weighted by Gasteiger charge is -2.35. The predicted octanol–water partition coefficient (Wildman–Crippen LogP) is 3.10. The lowest BCUT2D eigenvalue weighted by atomic mass is 9.95. The third-order valence-electron chi connectivity index (χ3n) is 6.67. The summed E-state index contributed by atoms with van der Waals surface area (Å²) >= 11 is 0. The number of rotatable bonds is 3. The number of hydrogen-bond donors (Lipinski definition) is 0. The maximum absolute atomic E-state index is 13.5. The van der Waals surface area contributed by atoms with E-state index in [0.29, 0.717) is 35.0 Å². The number of carbonyl (C=O) groups excluding carboxylic acids is 1. The van der Waals surface area contributed by atoms with E-state index in [1.54, 1.807) is 23.1 Å². The first kappa shape index (κ1) is 21.6. The van der Waals surface area contributed by atoms with Crippen molar-refractivity contribution in [2.75, 3.05) is 33.0 Å². The van der Waals surface area contributed by atoms with Crippen LogP contribution in [0.25, 0.3) is 0 Å². The molecule has 31 heavy (non-hydrogen) atoms. The Labute approximate surface area is 183 Å². The van der Waals surface area contributed by atoms with Gasteiger partial charge in [-0.1, -0.05) is 0 Å². The summed E-state index contributed by atoms with van der Waals surface area (Å²) in [5, 5.41) is 0. The lowest BCUT2D eigenvalue weighted by molar-refractivity contribution is 0.0697. The van der Waals surface area contributed by atoms with Crippen molar-refractivity contribution in [1.82, 2.24) is 9.21 Å². The Balaban J connectivity index is 1.53. The van der Waals surface area contributed by atoms with Gasteiger partial charge in [-0.3, -0.25) is 4.79 Å². The third-order valence-corrected chi connectivity index (χ3v) is 8.85. The summed E-state index contributed by atoms with van der Waals surface area (Å²) in [5.41, 5.74) is 5.28. The Morgan fingerprint density at radius 2 is 1.35 bits per heavy atom. The van der Waals surface area contributed by atoms with Crippen LogP contribution in [0.3, 0.4) is 0 Å². The molecule has 0 atom stereocenters. The van der Waals surface area contributed by atoms with Crippen molar-refractivity contribution >= 4 is 15.9 Å². The first-order chi connectivity index (χ1) is 14.6. The molecule has 0 aliphatic carbocycles. The van der Waals surface area contributed by atoms with E-state index in [1.165, 1.54) is 4.31 Å². The van der Waals surface area contributed by atoms with Crippen LogP contribution in [0.4, 0.5) is 0 Å². The zero-order chi connectivity index (χ0) is 22.5. The summed E-state index contributed by atoms with van der Waals surface area (Å²) in [6.07, 6.45) is 0. The number of benzene rings is 2. The Kier molecular flexibility index (Phi) is 5.47. The SMILES string of the molecule is Cc1c(C)c(C)c(S(=O)(=O)N2CCN(C(=O)c3ccc4c(c3)OCO4)CC2)c(C)c1C. The van der Waals surface area contributed by atoms with Crippen molar-refractivity contribution in [2.45, 2.75) is 39.5 Å². The van der Waals surface area contributed by atoms with Gasteiger partial charge in [0.1, 0.15) is 0 Å². The molecule has 2 aromatic rings. The van der Waals surface area contributed by atoms with Gasteiger partial charge in [-0.2, -0.15) is 4.31 Å². The van der Waals surface area contributed by atoms with E-state index in [2.05, 4.69) is 0 Å². The molecule has 0 N–H and O–H groups in total. The average molecular weight is 445 g/mol. The van der Waals surface area contributed by atoms with E-state index >= 15 is 0 Å². The van der Waals surface area contributed by atoms with Crippen LogP contribution in [-0.4, -0.2) is 56.5 Å². The van der Waals surface area contributed by atoms with Gasteiger partial charge in [0, 0.05) is 31.7 Å². The van der Waals surface area contributed by atoms with Gasteiger partial charge in [-0.05, 0) is 80.6 Å². The summed E-state index contributed by atoms with van der Waals surface area (Å²) in [6.45, 7) is 11.1. The van der Waals surface area contributed by atoms with Gasteiger partial charge in [0.2, 0.25) is 16.8 Å². The van der Waals surface area contributed by atoms with E-state index < -0.39 is 10.0 Å². The normalized spacial score (nSPS) is 16.6. The Morgan fingerprint density at radius 3 is 1.97 bits per heavy atom. The number of carbonyl (C=O) groups is 1. The minimum absolute atomic E-state index is 0.135. The molecule has 1 saturated heterocycles. The molecule has 0 aromatic heterocycles. The molecule has 1 amide bonds. The molecule has 4 rings (SSSR count). The van der Waals surface area contributed by atoms with Crippen LogP contribution >= 0.6 is 0 Å². The molecule has 2 aliphatic heterocycles. The summed E-state index contributed by atoms with van der Waals surface area (Å²) in [5.74, 6) is 1.05. The number of amides is 1. The van der Waals surface area contributed by atoms with Crippen molar-refractivity contribution in [3.8, 4) is 11.5 Å². The van der Waals surface area contributed by atoms with Crippen LogP contribution in [0, 0.1) is 34.6 Å². The maximum atomic E-state index is 13.5. The minimum Gasteiger partial charge on any atom is -0.454 e. The summed E-state index contributed by atoms with van der Waals surface area (Å²) in [6, 6.07) is 5.12. The van der Waals surface area contributed by atoms with Gasteiger partial charge in [-0.25, -0.2) is 8.42 Å². The summed E-state index contributed by atoms with van der Waals surface area (Å²) in [7, 11) is -3.65. The lowest BCUT2D eigenvalue weighted by Crippen LogP contribution is -2.50. The topological polar surface area (TPSA) is 76.2 Å². The van der Waals surface area contributed by atoms with Crippen molar-refractivity contribution in [3.05, 3.63) is 51.6 Å². The van der Waals surface area contributed by atoms with E-state index in [0.717, 1.165) is 27.8 Å². The molecule has 166 valence electrons. The second-order valence-corrected chi connectivity index (χ2v) is 10.1. The fourth-order valence-electron chi connectivity index (χ4n) is 4.33. The molecule has 8 heteroatoms. The standard InChI is InChI=1S/C23H28N2O5S/c1-14-15(2)17(4)22(18(5)16(14)3)31(27,28)25-10-8-24(9-11-25)23(26)19-6-7-20-21(12-19)30-13-29-20/h6-7,12H,8-11,13H2,1-5H3. The molecule has 0 unspecified atom stereocenters. The highest BCUT2D eigenvalue weighted by atomic mass is 32.2. The quantitative estimate of drug-likeness (QED) is 0.727. The molecule has 0 radical (unpaired) electrons. The van der Waals surface area contributed by atoms with Crippen LogP contribution in [0.5, 0.6) is 11.5 Å². The first-order valence-corrected chi connectivity index (χ1v) is 11.8. The third kappa shape index (κ3) is 3.57. The van der Waals surface area contributed by atoms with Gasteiger partial charge in [-0.15, -0.1) is 0 Å². The molecular formula is C23H28N2O5S. The van der Waals surface area contributed by atoms with E-state index in [-0.39, 0.29) is 25.8 Å². The molecule has 0 spiro atoms. The summed E-state index contributed by atoms with van der Waals surface area (Å²) in [4.78, 5) is 15.0. The highest BCUT2D eigenvalue weighted by Crippen LogP contribution is 2.34. The Hall–Kier alpha value is -2.58. The number of sulfonamides is 1. The molecule has 0 saturated carbocycles. The van der Waals surface area contributed by atoms with Crippen molar-refractivity contribution in [1.29, 1.82) is 0 Å². The van der Waals surface area contributed by atoms with Crippen molar-refractivity contribution < 1.29 is 22.7 Å². The zero-order valence-corrected chi connectivity index (χ0v) is 19.4. The number of fused-ring (bicyclic) bond motifs is 1. The second-order valence-electron chi connectivity index (χ2n) is 8.22. The molecule has 2 heterocycles. The first-order valence-electron chi connectivity index (χ1n) is 10.4. The largest absolute Gasteiger partial charge is 0.454 e. The monoisotopic (exact) mass is 444 g/mol. The zero-order valence-electron chi connectivity index (χ0n) is 18.6. The molecular weight excluding hydrogens is 416 g/mol. The smallest absolute Gasteiger partial charge is 0.254 e. The molecule has 0 bridgehead atoms.